The lowest BCUT2D eigenvalue weighted by Gasteiger charge is -2.07. The molecule has 1 unspecified atom stereocenters. The summed E-state index contributed by atoms with van der Waals surface area (Å²) in [4.78, 5) is 15.0. The van der Waals surface area contributed by atoms with Crippen LogP contribution in [0.1, 0.15) is 17.2 Å². The number of aromatic amines is 1. The van der Waals surface area contributed by atoms with Gasteiger partial charge in [-0.1, -0.05) is 54.3 Å². The van der Waals surface area contributed by atoms with Gasteiger partial charge in [-0.25, -0.2) is 0 Å². The highest BCUT2D eigenvalue weighted by molar-refractivity contribution is 5.87. The van der Waals surface area contributed by atoms with Crippen LogP contribution in [0.3, 0.4) is 0 Å². The normalized spacial score (nSPS) is 11.6. The molecule has 23 heavy (non-hydrogen) atoms. The zero-order valence-electron chi connectivity index (χ0n) is 12.5. The van der Waals surface area contributed by atoms with Gasteiger partial charge in [0.05, 0.1) is 12.6 Å². The first kappa shape index (κ1) is 14.9. The van der Waals surface area contributed by atoms with E-state index in [4.69, 9.17) is 4.74 Å². The summed E-state index contributed by atoms with van der Waals surface area (Å²) in [6.07, 6.45) is -0.966. The number of hydrogen-bond donors (Lipinski definition) is 2. The van der Waals surface area contributed by atoms with Gasteiger partial charge >= 0.3 is 0 Å². The smallest absolute Gasteiger partial charge is 0.268 e. The number of aromatic nitrogens is 1. The summed E-state index contributed by atoms with van der Waals surface area (Å²) < 4.78 is 5.37. The van der Waals surface area contributed by atoms with Crippen molar-refractivity contribution in [2.75, 3.05) is 7.11 Å². The Bertz CT molecular complexity index is 949. The minimum absolute atomic E-state index is 0.209. The minimum Gasteiger partial charge on any atom is -0.495 e. The molecule has 0 fully saturated rings. The molecule has 0 saturated heterocycles. The van der Waals surface area contributed by atoms with E-state index in [-0.39, 0.29) is 11.1 Å². The van der Waals surface area contributed by atoms with Gasteiger partial charge in [0.1, 0.15) is 17.4 Å². The number of methoxy groups -OCH3 is 1. The Hall–Kier alpha value is -3.03. The van der Waals surface area contributed by atoms with Crippen molar-refractivity contribution in [2.24, 2.45) is 0 Å². The lowest BCUT2D eigenvalue weighted by molar-refractivity contribution is 0.238. The Balaban J connectivity index is 2.09. The summed E-state index contributed by atoms with van der Waals surface area (Å²) in [7, 11) is 1.50. The number of benzene rings is 2. The second-order valence-electron chi connectivity index (χ2n) is 4.99. The minimum atomic E-state index is -0.966. The van der Waals surface area contributed by atoms with Crippen LogP contribution in [-0.2, 0) is 0 Å². The van der Waals surface area contributed by atoms with Gasteiger partial charge in [0.25, 0.3) is 5.56 Å². The van der Waals surface area contributed by atoms with E-state index in [2.05, 4.69) is 16.8 Å². The molecule has 0 amide bonds. The SMILES string of the molecule is COc1c(C#CC(O)c2ccccc2)c(=O)[nH]c2ccccc12. The van der Waals surface area contributed by atoms with E-state index in [0.717, 1.165) is 5.39 Å². The van der Waals surface area contributed by atoms with E-state index in [1.165, 1.54) is 7.11 Å². The van der Waals surface area contributed by atoms with Crippen LogP contribution in [0.15, 0.2) is 59.4 Å². The van der Waals surface area contributed by atoms with Crippen molar-refractivity contribution < 1.29 is 9.84 Å². The summed E-state index contributed by atoms with van der Waals surface area (Å²) in [5.74, 6) is 5.87. The van der Waals surface area contributed by atoms with Crippen molar-refractivity contribution in [1.82, 2.24) is 4.98 Å². The van der Waals surface area contributed by atoms with E-state index in [0.29, 0.717) is 16.8 Å². The summed E-state index contributed by atoms with van der Waals surface area (Å²) in [5.41, 5.74) is 1.23. The van der Waals surface area contributed by atoms with Crippen LogP contribution in [0, 0.1) is 11.8 Å². The molecular weight excluding hydrogens is 290 g/mol. The fourth-order valence-corrected chi connectivity index (χ4v) is 2.40. The van der Waals surface area contributed by atoms with Crippen LogP contribution >= 0.6 is 0 Å². The average molecular weight is 305 g/mol. The summed E-state index contributed by atoms with van der Waals surface area (Å²) in [6, 6.07) is 16.4. The number of nitrogens with one attached hydrogen (secondary N) is 1. The summed E-state index contributed by atoms with van der Waals surface area (Å²) in [5, 5.41) is 10.9. The van der Waals surface area contributed by atoms with Gasteiger partial charge in [0, 0.05) is 5.39 Å². The molecule has 4 nitrogen and oxygen atoms in total. The van der Waals surface area contributed by atoms with E-state index in [1.807, 2.05) is 36.4 Å². The molecule has 3 rings (SSSR count). The number of fused-ring (bicyclic) bond motifs is 1. The first-order chi connectivity index (χ1) is 11.2. The summed E-state index contributed by atoms with van der Waals surface area (Å²) >= 11 is 0. The van der Waals surface area contributed by atoms with E-state index in [9.17, 15) is 9.90 Å². The predicted molar refractivity (Wildman–Crippen MR) is 89.4 cm³/mol. The molecule has 0 bridgehead atoms. The Kier molecular flexibility index (Phi) is 4.13. The van der Waals surface area contributed by atoms with Crippen molar-refractivity contribution >= 4 is 10.9 Å². The highest BCUT2D eigenvalue weighted by atomic mass is 16.5. The highest BCUT2D eigenvalue weighted by Gasteiger charge is 2.11. The van der Waals surface area contributed by atoms with Gasteiger partial charge in [-0.15, -0.1) is 0 Å². The molecule has 0 radical (unpaired) electrons. The average Bonchev–Trinajstić information content (AvgIpc) is 2.60. The maximum absolute atomic E-state index is 12.2. The highest BCUT2D eigenvalue weighted by Crippen LogP contribution is 2.25. The molecule has 2 N–H and O–H groups in total. The molecule has 0 saturated carbocycles. The Morgan fingerprint density at radius 3 is 2.52 bits per heavy atom. The number of ether oxygens (including phenoxy) is 1. The van der Waals surface area contributed by atoms with E-state index in [1.54, 1.807) is 18.2 Å². The monoisotopic (exact) mass is 305 g/mol. The standard InChI is InChI=1S/C19H15NO3/c1-23-18-14-9-5-6-10-16(14)20-19(22)15(18)11-12-17(21)13-7-3-2-4-8-13/h2-10,17,21H,1H3,(H,20,22). The molecule has 1 aromatic heterocycles. The largest absolute Gasteiger partial charge is 0.495 e. The first-order valence-corrected chi connectivity index (χ1v) is 7.14. The zero-order valence-corrected chi connectivity index (χ0v) is 12.5. The van der Waals surface area contributed by atoms with Gasteiger partial charge in [0.2, 0.25) is 0 Å². The van der Waals surface area contributed by atoms with Crippen molar-refractivity contribution in [2.45, 2.75) is 6.10 Å². The first-order valence-electron chi connectivity index (χ1n) is 7.14. The fraction of sp³-hybridized carbons (Fsp3) is 0.105. The maximum atomic E-state index is 12.2. The number of para-hydroxylation sites is 1. The predicted octanol–water partition coefficient (Wildman–Crippen LogP) is 2.62. The fourth-order valence-electron chi connectivity index (χ4n) is 2.40. The molecule has 1 atom stereocenters. The molecule has 3 aromatic rings. The van der Waals surface area contributed by atoms with Crippen LogP contribution in [0.5, 0.6) is 5.75 Å². The molecule has 0 spiro atoms. The van der Waals surface area contributed by atoms with Gasteiger partial charge < -0.3 is 14.8 Å². The van der Waals surface area contributed by atoms with Crippen molar-refractivity contribution in [3.8, 4) is 17.6 Å². The summed E-state index contributed by atoms with van der Waals surface area (Å²) in [6.45, 7) is 0. The Labute approximate surface area is 133 Å². The molecule has 0 aliphatic heterocycles. The molecular formula is C19H15NO3. The number of aliphatic hydroxyl groups excluding tert-OH is 1. The van der Waals surface area contributed by atoms with Crippen molar-refractivity contribution in [1.29, 1.82) is 0 Å². The van der Waals surface area contributed by atoms with Crippen molar-refractivity contribution in [3.63, 3.8) is 0 Å². The molecule has 4 heteroatoms. The van der Waals surface area contributed by atoms with E-state index < -0.39 is 6.10 Å². The maximum Gasteiger partial charge on any atom is 0.268 e. The van der Waals surface area contributed by atoms with Crippen molar-refractivity contribution in [3.05, 3.63) is 76.1 Å². The molecule has 1 heterocycles. The lowest BCUT2D eigenvalue weighted by Crippen LogP contribution is -2.12. The quantitative estimate of drug-likeness (QED) is 0.715. The topological polar surface area (TPSA) is 62.3 Å². The number of aliphatic hydroxyl groups is 1. The third-order valence-corrected chi connectivity index (χ3v) is 3.53. The number of hydrogen-bond acceptors (Lipinski definition) is 3. The second kappa shape index (κ2) is 6.39. The van der Waals surface area contributed by atoms with E-state index >= 15 is 0 Å². The lowest BCUT2D eigenvalue weighted by atomic mass is 10.1. The molecule has 114 valence electrons. The molecule has 0 aliphatic rings. The molecule has 0 aliphatic carbocycles. The zero-order chi connectivity index (χ0) is 16.2. The number of pyridine rings is 1. The van der Waals surface area contributed by atoms with Crippen LogP contribution in [-0.4, -0.2) is 17.2 Å². The van der Waals surface area contributed by atoms with Crippen LogP contribution in [0.2, 0.25) is 0 Å². The second-order valence-corrected chi connectivity index (χ2v) is 4.99. The number of rotatable bonds is 2. The van der Waals surface area contributed by atoms with Gasteiger partial charge in [0.15, 0.2) is 0 Å². The van der Waals surface area contributed by atoms with Gasteiger partial charge in [-0.3, -0.25) is 4.79 Å². The van der Waals surface area contributed by atoms with Gasteiger partial charge in [-0.2, -0.15) is 0 Å². The molecule has 2 aromatic carbocycles. The van der Waals surface area contributed by atoms with Crippen LogP contribution < -0.4 is 10.3 Å². The number of H-pyrrole nitrogens is 1. The Morgan fingerprint density at radius 1 is 1.09 bits per heavy atom. The van der Waals surface area contributed by atoms with Crippen LogP contribution in [0.4, 0.5) is 0 Å². The van der Waals surface area contributed by atoms with Crippen LogP contribution in [0.25, 0.3) is 10.9 Å². The van der Waals surface area contributed by atoms with Gasteiger partial charge in [-0.05, 0) is 17.7 Å². The third-order valence-electron chi connectivity index (χ3n) is 3.53. The Morgan fingerprint density at radius 2 is 1.78 bits per heavy atom. The third kappa shape index (κ3) is 2.96.